The second kappa shape index (κ2) is 13.8. The third kappa shape index (κ3) is 5.28. The predicted molar refractivity (Wildman–Crippen MR) is 281 cm³/mol. The second-order valence-electron chi connectivity index (χ2n) is 17.9. The van der Waals surface area contributed by atoms with Gasteiger partial charge in [0.2, 0.25) is 0 Å². The first kappa shape index (κ1) is 36.4. The molecule has 12 aromatic carbocycles. The number of para-hydroxylation sites is 2. The fraction of sp³-hybridized carbons (Fsp3) is 0. The number of fused-ring (bicyclic) bond motifs is 10. The Hall–Kier alpha value is -8.92. The molecular weight excluding hydrogens is 815 g/mol. The summed E-state index contributed by atoms with van der Waals surface area (Å²) in [5.74, 6) is 0. The summed E-state index contributed by atoms with van der Waals surface area (Å²) in [5, 5.41) is 14.5. The quantitative estimate of drug-likeness (QED) is 0.162. The predicted octanol–water partition coefficient (Wildman–Crippen LogP) is 18.1. The molecule has 0 atom stereocenters. The number of aromatic nitrogens is 1. The van der Waals surface area contributed by atoms with Crippen LogP contribution in [0, 0.1) is 0 Å². The molecule has 0 aliphatic carbocycles. The van der Waals surface area contributed by atoms with Crippen LogP contribution < -0.4 is 0 Å². The number of rotatable bonds is 5. The van der Waals surface area contributed by atoms with E-state index in [1.165, 1.54) is 87.6 Å². The average molecular weight is 852 g/mol. The Balaban J connectivity index is 0.887. The van der Waals surface area contributed by atoms with Gasteiger partial charge in [-0.05, 0) is 125 Å². The zero-order valence-corrected chi connectivity index (χ0v) is 36.1. The molecule has 0 saturated heterocycles. The molecule has 310 valence electrons. The fourth-order valence-corrected chi connectivity index (χ4v) is 11.3. The molecule has 0 radical (unpaired) electrons. The lowest BCUT2D eigenvalue weighted by Crippen LogP contribution is -1.95. The topological polar surface area (TPSA) is 31.2 Å². The molecule has 0 aliphatic heterocycles. The van der Waals surface area contributed by atoms with Crippen LogP contribution in [0.3, 0.4) is 0 Å². The molecular formula is C64H37NO2. The van der Waals surface area contributed by atoms with Crippen LogP contribution in [-0.4, -0.2) is 4.57 Å². The van der Waals surface area contributed by atoms with Gasteiger partial charge in [-0.3, -0.25) is 0 Å². The molecule has 67 heavy (non-hydrogen) atoms. The highest BCUT2D eigenvalue weighted by Gasteiger charge is 2.21. The maximum absolute atomic E-state index is 6.78. The van der Waals surface area contributed by atoms with Crippen LogP contribution in [0.1, 0.15) is 0 Å². The summed E-state index contributed by atoms with van der Waals surface area (Å²) in [5.41, 5.74) is 16.5. The van der Waals surface area contributed by atoms with Crippen LogP contribution in [0.25, 0.3) is 148 Å². The van der Waals surface area contributed by atoms with Crippen molar-refractivity contribution in [1.82, 2.24) is 4.57 Å². The van der Waals surface area contributed by atoms with Gasteiger partial charge in [0.05, 0.1) is 11.0 Å². The van der Waals surface area contributed by atoms with E-state index in [4.69, 9.17) is 8.83 Å². The van der Waals surface area contributed by atoms with Crippen molar-refractivity contribution in [3.8, 4) is 50.2 Å². The minimum atomic E-state index is 0.895. The number of furan rings is 2. The Morgan fingerprint density at radius 2 is 0.866 bits per heavy atom. The van der Waals surface area contributed by atoms with Crippen molar-refractivity contribution in [2.24, 2.45) is 0 Å². The SMILES string of the molecule is c1ccc(-c2ccc3c(c2)c2ccc4c5ccccc5oc4c2n3-c2cccc(-c3ccc4ccc5c(-c6ccc(-c7cccc8oc9ccccc9c78)cc6)ccc6ccc3c4c65)c2)cc1. The smallest absolute Gasteiger partial charge is 0.160 e. The van der Waals surface area contributed by atoms with Gasteiger partial charge < -0.3 is 13.4 Å². The van der Waals surface area contributed by atoms with E-state index >= 15 is 0 Å². The van der Waals surface area contributed by atoms with E-state index in [0.29, 0.717) is 0 Å². The Morgan fingerprint density at radius 1 is 0.284 bits per heavy atom. The van der Waals surface area contributed by atoms with Crippen molar-refractivity contribution in [2.45, 2.75) is 0 Å². The normalized spacial score (nSPS) is 12.2. The van der Waals surface area contributed by atoms with Crippen LogP contribution >= 0.6 is 0 Å². The minimum Gasteiger partial charge on any atom is -0.456 e. The van der Waals surface area contributed by atoms with Crippen LogP contribution in [0.15, 0.2) is 233 Å². The molecule has 0 bridgehead atoms. The van der Waals surface area contributed by atoms with E-state index in [-0.39, 0.29) is 0 Å². The number of hydrogen-bond acceptors (Lipinski definition) is 2. The Kier molecular flexibility index (Phi) is 7.50. The van der Waals surface area contributed by atoms with Gasteiger partial charge >= 0.3 is 0 Å². The highest BCUT2D eigenvalue weighted by molar-refractivity contribution is 6.28. The second-order valence-corrected chi connectivity index (χ2v) is 17.9. The van der Waals surface area contributed by atoms with E-state index < -0.39 is 0 Å². The van der Waals surface area contributed by atoms with Crippen LogP contribution in [0.5, 0.6) is 0 Å². The molecule has 0 spiro atoms. The minimum absolute atomic E-state index is 0.895. The Labute approximate surface area is 384 Å². The molecule has 0 amide bonds. The molecule has 3 aromatic heterocycles. The third-order valence-electron chi connectivity index (χ3n) is 14.4. The van der Waals surface area contributed by atoms with Gasteiger partial charge in [0, 0.05) is 38.0 Å². The van der Waals surface area contributed by atoms with E-state index in [2.05, 4.69) is 211 Å². The van der Waals surface area contributed by atoms with Crippen LogP contribution in [-0.2, 0) is 0 Å². The molecule has 3 nitrogen and oxygen atoms in total. The summed E-state index contributed by atoms with van der Waals surface area (Å²) in [6.07, 6.45) is 0. The lowest BCUT2D eigenvalue weighted by Gasteiger charge is -2.17. The van der Waals surface area contributed by atoms with E-state index in [1.54, 1.807) is 0 Å². The first-order chi connectivity index (χ1) is 33.2. The number of nitrogens with zero attached hydrogens (tertiary/aromatic N) is 1. The zero-order chi connectivity index (χ0) is 43.7. The van der Waals surface area contributed by atoms with Gasteiger partial charge in [0.25, 0.3) is 0 Å². The Bertz CT molecular complexity index is 4490. The highest BCUT2D eigenvalue weighted by Crippen LogP contribution is 2.45. The molecule has 0 aliphatic rings. The van der Waals surface area contributed by atoms with Crippen molar-refractivity contribution in [1.29, 1.82) is 0 Å². The summed E-state index contributed by atoms with van der Waals surface area (Å²) in [6.45, 7) is 0. The van der Waals surface area contributed by atoms with Crippen LogP contribution in [0.2, 0.25) is 0 Å². The molecule has 0 fully saturated rings. The van der Waals surface area contributed by atoms with Gasteiger partial charge in [0.1, 0.15) is 16.7 Å². The highest BCUT2D eigenvalue weighted by atomic mass is 16.3. The van der Waals surface area contributed by atoms with E-state index in [0.717, 1.165) is 60.6 Å². The maximum Gasteiger partial charge on any atom is 0.160 e. The average Bonchev–Trinajstić information content (AvgIpc) is 4.08. The number of hydrogen-bond donors (Lipinski definition) is 0. The lowest BCUT2D eigenvalue weighted by atomic mass is 9.87. The van der Waals surface area contributed by atoms with Gasteiger partial charge in [-0.15, -0.1) is 0 Å². The first-order valence-electron chi connectivity index (χ1n) is 23.0. The van der Waals surface area contributed by atoms with Gasteiger partial charge in [-0.1, -0.05) is 176 Å². The maximum atomic E-state index is 6.78. The lowest BCUT2D eigenvalue weighted by molar-refractivity contribution is 0.669. The molecule has 3 heterocycles. The first-order valence-corrected chi connectivity index (χ1v) is 23.0. The zero-order valence-electron chi connectivity index (χ0n) is 36.1. The molecule has 0 unspecified atom stereocenters. The van der Waals surface area contributed by atoms with Crippen molar-refractivity contribution in [3.63, 3.8) is 0 Å². The van der Waals surface area contributed by atoms with Crippen molar-refractivity contribution < 1.29 is 8.83 Å². The number of benzene rings is 12. The monoisotopic (exact) mass is 851 g/mol. The standard InChI is InChI=1S/C64H37NO2/c1-2-10-38(11-3-1)43-28-35-56-55(37-43)52-33-34-53-49-14-4-6-17-57(49)67-64(53)63(52)65(56)45-13-8-12-44(36-45)47-30-25-42-26-31-50-46(29-24-41-27-32-51(47)61(42)60(41)50)39-20-22-40(23-21-39)48-16-9-19-59-62(48)54-15-5-7-18-58(54)66-59/h1-37H. The summed E-state index contributed by atoms with van der Waals surface area (Å²) >= 11 is 0. The molecule has 3 heteroatoms. The van der Waals surface area contributed by atoms with Crippen molar-refractivity contribution >= 4 is 98.0 Å². The third-order valence-corrected chi connectivity index (χ3v) is 14.4. The van der Waals surface area contributed by atoms with Gasteiger partial charge in [0.15, 0.2) is 5.58 Å². The largest absolute Gasteiger partial charge is 0.456 e. The fourth-order valence-electron chi connectivity index (χ4n) is 11.3. The van der Waals surface area contributed by atoms with Crippen molar-refractivity contribution in [2.75, 3.05) is 0 Å². The summed E-state index contributed by atoms with van der Waals surface area (Å²) in [4.78, 5) is 0. The molecule has 0 saturated carbocycles. The van der Waals surface area contributed by atoms with E-state index in [1.807, 2.05) is 18.2 Å². The molecule has 15 aromatic rings. The van der Waals surface area contributed by atoms with Gasteiger partial charge in [-0.25, -0.2) is 0 Å². The van der Waals surface area contributed by atoms with Gasteiger partial charge in [-0.2, -0.15) is 0 Å². The summed E-state index contributed by atoms with van der Waals surface area (Å²) in [7, 11) is 0. The summed E-state index contributed by atoms with van der Waals surface area (Å²) < 4.78 is 15.4. The Morgan fingerprint density at radius 3 is 1.64 bits per heavy atom. The molecule has 0 N–H and O–H groups in total. The molecule has 15 rings (SSSR count). The van der Waals surface area contributed by atoms with Crippen LogP contribution in [0.4, 0.5) is 0 Å². The summed E-state index contributed by atoms with van der Waals surface area (Å²) in [6, 6.07) is 81.6. The van der Waals surface area contributed by atoms with E-state index in [9.17, 15) is 0 Å². The van der Waals surface area contributed by atoms with Crippen molar-refractivity contribution in [3.05, 3.63) is 224 Å².